The number of nitrogens with zero attached hydrogens (tertiary/aromatic N) is 3. The Kier molecular flexibility index (Phi) is 3.37. The monoisotopic (exact) mass is 317 g/mol. The van der Waals surface area contributed by atoms with E-state index in [1.54, 1.807) is 0 Å². The van der Waals surface area contributed by atoms with Crippen LogP contribution < -0.4 is 0 Å². The number of carbonyl (C=O) groups is 1. The molecule has 1 aromatic carbocycles. The van der Waals surface area contributed by atoms with Crippen molar-refractivity contribution in [2.24, 2.45) is 0 Å². The first kappa shape index (κ1) is 12.6. The van der Waals surface area contributed by atoms with Crippen LogP contribution in [0.15, 0.2) is 22.8 Å². The maximum atomic E-state index is 13.6. The first-order chi connectivity index (χ1) is 8.49. The average Bonchev–Trinajstić information content (AvgIpc) is 2.70. The fourth-order valence-corrected chi connectivity index (χ4v) is 1.74. The molecule has 0 radical (unpaired) electrons. The van der Waals surface area contributed by atoms with Gasteiger partial charge < -0.3 is 5.11 Å². The molecule has 0 spiro atoms. The van der Waals surface area contributed by atoms with E-state index in [4.69, 9.17) is 5.11 Å². The molecular formula is C10H6BrF2N3O2. The molecule has 5 nitrogen and oxygen atoms in total. The average molecular weight is 318 g/mol. The van der Waals surface area contributed by atoms with Gasteiger partial charge in [-0.25, -0.2) is 13.5 Å². The number of halogens is 3. The van der Waals surface area contributed by atoms with Gasteiger partial charge in [0.25, 0.3) is 0 Å². The van der Waals surface area contributed by atoms with E-state index in [2.05, 4.69) is 26.2 Å². The minimum Gasteiger partial charge on any atom is -0.481 e. The largest absolute Gasteiger partial charge is 0.481 e. The Hall–Kier alpha value is -1.83. The van der Waals surface area contributed by atoms with Crippen molar-refractivity contribution in [3.05, 3.63) is 40.1 Å². The molecule has 0 saturated heterocycles. The van der Waals surface area contributed by atoms with E-state index in [1.807, 2.05) is 0 Å². The van der Waals surface area contributed by atoms with Crippen LogP contribution in [0.25, 0.3) is 5.69 Å². The maximum absolute atomic E-state index is 13.6. The van der Waals surface area contributed by atoms with Crippen LogP contribution in [0, 0.1) is 11.6 Å². The Morgan fingerprint density at radius 2 is 2.11 bits per heavy atom. The zero-order valence-electron chi connectivity index (χ0n) is 8.77. The van der Waals surface area contributed by atoms with Crippen molar-refractivity contribution in [1.29, 1.82) is 0 Å². The summed E-state index contributed by atoms with van der Waals surface area (Å²) in [5.41, 5.74) is 0.122. The third-order valence-corrected chi connectivity index (χ3v) is 2.78. The Morgan fingerprint density at radius 3 is 2.78 bits per heavy atom. The molecule has 94 valence electrons. The van der Waals surface area contributed by atoms with Crippen LogP contribution in [0.5, 0.6) is 0 Å². The first-order valence-corrected chi connectivity index (χ1v) is 5.54. The summed E-state index contributed by atoms with van der Waals surface area (Å²) >= 11 is 2.92. The van der Waals surface area contributed by atoms with Crippen LogP contribution in [-0.2, 0) is 11.2 Å². The summed E-state index contributed by atoms with van der Waals surface area (Å²) in [5.74, 6) is -2.70. The smallest absolute Gasteiger partial charge is 0.309 e. The molecule has 0 fully saturated rings. The molecule has 0 aliphatic rings. The minimum atomic E-state index is -1.10. The van der Waals surface area contributed by atoms with Crippen LogP contribution in [-0.4, -0.2) is 26.1 Å². The van der Waals surface area contributed by atoms with Gasteiger partial charge in [0, 0.05) is 6.07 Å². The fourth-order valence-electron chi connectivity index (χ4n) is 1.41. The molecule has 0 saturated carbocycles. The summed E-state index contributed by atoms with van der Waals surface area (Å²) < 4.78 is 27.8. The molecule has 1 heterocycles. The molecular weight excluding hydrogens is 312 g/mol. The SMILES string of the molecule is O=C(O)Cc1cnnn1-c1cc(Br)c(F)cc1F. The van der Waals surface area contributed by atoms with Crippen LogP contribution in [0.2, 0.25) is 0 Å². The van der Waals surface area contributed by atoms with Gasteiger partial charge in [-0.3, -0.25) is 4.79 Å². The summed E-state index contributed by atoms with van der Waals surface area (Å²) in [5, 5.41) is 15.8. The molecule has 18 heavy (non-hydrogen) atoms. The number of carboxylic acids is 1. The van der Waals surface area contributed by atoms with E-state index < -0.39 is 17.6 Å². The molecule has 2 rings (SSSR count). The van der Waals surface area contributed by atoms with Gasteiger partial charge >= 0.3 is 5.97 Å². The Morgan fingerprint density at radius 1 is 1.39 bits per heavy atom. The van der Waals surface area contributed by atoms with Crippen molar-refractivity contribution in [2.45, 2.75) is 6.42 Å². The van der Waals surface area contributed by atoms with E-state index in [1.165, 1.54) is 12.3 Å². The number of hydrogen-bond donors (Lipinski definition) is 1. The van der Waals surface area contributed by atoms with Crippen LogP contribution in [0.4, 0.5) is 8.78 Å². The number of carboxylic acid groups (broad SMARTS) is 1. The molecule has 0 aliphatic carbocycles. The van der Waals surface area contributed by atoms with Gasteiger partial charge in [-0.15, -0.1) is 5.10 Å². The molecule has 0 atom stereocenters. The maximum Gasteiger partial charge on any atom is 0.309 e. The summed E-state index contributed by atoms with van der Waals surface area (Å²) in [4.78, 5) is 10.6. The minimum absolute atomic E-state index is 0.0516. The lowest BCUT2D eigenvalue weighted by molar-refractivity contribution is -0.136. The molecule has 0 bridgehead atoms. The number of benzene rings is 1. The van der Waals surface area contributed by atoms with Crippen LogP contribution in [0.3, 0.4) is 0 Å². The van der Waals surface area contributed by atoms with Gasteiger partial charge in [-0.2, -0.15) is 0 Å². The van der Waals surface area contributed by atoms with Crippen molar-refractivity contribution in [1.82, 2.24) is 15.0 Å². The highest BCUT2D eigenvalue weighted by atomic mass is 79.9. The van der Waals surface area contributed by atoms with Gasteiger partial charge in [0.15, 0.2) is 5.82 Å². The topological polar surface area (TPSA) is 68.0 Å². The summed E-state index contributed by atoms with van der Waals surface area (Å²) in [7, 11) is 0. The van der Waals surface area contributed by atoms with Gasteiger partial charge in [-0.05, 0) is 22.0 Å². The third-order valence-electron chi connectivity index (χ3n) is 2.17. The summed E-state index contributed by atoms with van der Waals surface area (Å²) in [6.07, 6.45) is 0.853. The summed E-state index contributed by atoms with van der Waals surface area (Å²) in [6.45, 7) is 0. The van der Waals surface area contributed by atoms with E-state index in [0.29, 0.717) is 6.07 Å². The van der Waals surface area contributed by atoms with Crippen LogP contribution in [0.1, 0.15) is 5.69 Å². The van der Waals surface area contributed by atoms with Crippen molar-refractivity contribution in [2.75, 3.05) is 0 Å². The Bertz CT molecular complexity index is 615. The Labute approximate surface area is 108 Å². The Balaban J connectivity index is 2.52. The normalized spacial score (nSPS) is 10.6. The molecule has 0 unspecified atom stereocenters. The second-order valence-corrected chi connectivity index (χ2v) is 4.28. The third kappa shape index (κ3) is 2.37. The lowest BCUT2D eigenvalue weighted by Gasteiger charge is -2.07. The van der Waals surface area contributed by atoms with Crippen molar-refractivity contribution in [3.8, 4) is 5.69 Å². The van der Waals surface area contributed by atoms with Crippen molar-refractivity contribution >= 4 is 21.9 Å². The first-order valence-electron chi connectivity index (χ1n) is 4.75. The molecule has 0 amide bonds. The zero-order chi connectivity index (χ0) is 13.3. The zero-order valence-corrected chi connectivity index (χ0v) is 10.4. The number of rotatable bonds is 3. The second kappa shape index (κ2) is 4.81. The highest BCUT2D eigenvalue weighted by molar-refractivity contribution is 9.10. The molecule has 1 aromatic heterocycles. The predicted molar refractivity (Wildman–Crippen MR) is 60.3 cm³/mol. The molecule has 0 aliphatic heterocycles. The van der Waals surface area contributed by atoms with Crippen molar-refractivity contribution in [3.63, 3.8) is 0 Å². The van der Waals surface area contributed by atoms with E-state index in [-0.39, 0.29) is 22.3 Å². The fraction of sp³-hybridized carbons (Fsp3) is 0.100. The predicted octanol–water partition coefficient (Wildman–Crippen LogP) is 1.94. The van der Waals surface area contributed by atoms with Gasteiger partial charge in [0.1, 0.15) is 11.5 Å². The quantitative estimate of drug-likeness (QED) is 0.878. The second-order valence-electron chi connectivity index (χ2n) is 3.43. The molecule has 1 N–H and O–H groups in total. The number of aliphatic carboxylic acids is 1. The molecule has 2 aromatic rings. The van der Waals surface area contributed by atoms with E-state index >= 15 is 0 Å². The van der Waals surface area contributed by atoms with E-state index in [0.717, 1.165) is 4.68 Å². The standard InChI is InChI=1S/C10H6BrF2N3O2/c11-6-2-9(8(13)3-7(6)12)16-5(1-10(17)18)4-14-15-16/h2-4H,1H2,(H,17,18). The lowest BCUT2D eigenvalue weighted by Crippen LogP contribution is -2.09. The van der Waals surface area contributed by atoms with Crippen molar-refractivity contribution < 1.29 is 18.7 Å². The van der Waals surface area contributed by atoms with Gasteiger partial charge in [0.05, 0.1) is 22.8 Å². The van der Waals surface area contributed by atoms with E-state index in [9.17, 15) is 13.6 Å². The summed E-state index contributed by atoms with van der Waals surface area (Å²) in [6, 6.07) is 1.86. The molecule has 8 heteroatoms. The van der Waals surface area contributed by atoms with Crippen LogP contribution >= 0.6 is 15.9 Å². The number of hydrogen-bond acceptors (Lipinski definition) is 3. The highest BCUT2D eigenvalue weighted by Crippen LogP contribution is 2.23. The van der Waals surface area contributed by atoms with Gasteiger partial charge in [0.2, 0.25) is 0 Å². The number of aromatic nitrogens is 3. The highest BCUT2D eigenvalue weighted by Gasteiger charge is 2.15. The van der Waals surface area contributed by atoms with Gasteiger partial charge in [-0.1, -0.05) is 5.21 Å². The lowest BCUT2D eigenvalue weighted by atomic mass is 10.2.